The minimum Gasteiger partial charge on any atom is -0.267 e. The summed E-state index contributed by atoms with van der Waals surface area (Å²) >= 11 is 11.5. The van der Waals surface area contributed by atoms with Gasteiger partial charge in [-0.25, -0.2) is 5.43 Å². The molecule has 1 aromatic carbocycles. The van der Waals surface area contributed by atoms with E-state index >= 15 is 0 Å². The maximum Gasteiger partial charge on any atom is 0.271 e. The first kappa shape index (κ1) is 13.0. The highest BCUT2D eigenvalue weighted by Crippen LogP contribution is 2.22. The van der Waals surface area contributed by atoms with Crippen LogP contribution in [0.4, 0.5) is 0 Å². The highest BCUT2D eigenvalue weighted by Gasteiger charge is 2.06. The fourth-order valence-corrected chi connectivity index (χ4v) is 1.23. The van der Waals surface area contributed by atoms with Gasteiger partial charge in [-0.1, -0.05) is 30.1 Å². The van der Waals surface area contributed by atoms with E-state index in [1.165, 1.54) is 6.07 Å². The standard InChI is InChI=1S/C11H12Cl2N2O/c1-3-7(2)14-15-11(16)8-4-5-9(12)10(13)6-8/h4-6H,3H2,1-2H3,(H,15,16)/b14-7+. The monoisotopic (exact) mass is 258 g/mol. The first-order chi connectivity index (χ1) is 7.54. The van der Waals surface area contributed by atoms with E-state index in [1.807, 2.05) is 13.8 Å². The van der Waals surface area contributed by atoms with Gasteiger partial charge < -0.3 is 0 Å². The van der Waals surface area contributed by atoms with Crippen molar-refractivity contribution in [2.45, 2.75) is 20.3 Å². The van der Waals surface area contributed by atoms with Crippen LogP contribution in [0.2, 0.25) is 10.0 Å². The number of benzene rings is 1. The summed E-state index contributed by atoms with van der Waals surface area (Å²) in [5.74, 6) is -0.300. The molecule has 0 bridgehead atoms. The normalized spacial score (nSPS) is 11.4. The summed E-state index contributed by atoms with van der Waals surface area (Å²) in [4.78, 5) is 11.6. The topological polar surface area (TPSA) is 41.5 Å². The van der Waals surface area contributed by atoms with Crippen LogP contribution in [0.1, 0.15) is 30.6 Å². The molecule has 3 nitrogen and oxygen atoms in total. The second-order valence-electron chi connectivity index (χ2n) is 3.27. The van der Waals surface area contributed by atoms with Gasteiger partial charge in [0.05, 0.1) is 10.0 Å². The Morgan fingerprint density at radius 1 is 1.38 bits per heavy atom. The highest BCUT2D eigenvalue weighted by molar-refractivity contribution is 6.42. The van der Waals surface area contributed by atoms with Crippen molar-refractivity contribution >= 4 is 34.8 Å². The maximum absolute atomic E-state index is 11.6. The molecule has 0 fully saturated rings. The van der Waals surface area contributed by atoms with Gasteiger partial charge in [0.2, 0.25) is 0 Å². The van der Waals surface area contributed by atoms with Crippen LogP contribution in [0, 0.1) is 0 Å². The van der Waals surface area contributed by atoms with E-state index in [4.69, 9.17) is 23.2 Å². The average molecular weight is 259 g/mol. The van der Waals surface area contributed by atoms with Crippen molar-refractivity contribution in [1.29, 1.82) is 0 Å². The van der Waals surface area contributed by atoms with E-state index in [0.717, 1.165) is 12.1 Å². The molecular formula is C11H12Cl2N2O. The van der Waals surface area contributed by atoms with Gasteiger partial charge >= 0.3 is 0 Å². The molecule has 1 amide bonds. The number of hydrogen-bond acceptors (Lipinski definition) is 2. The molecule has 1 N–H and O–H groups in total. The predicted octanol–water partition coefficient (Wildman–Crippen LogP) is 3.51. The second-order valence-corrected chi connectivity index (χ2v) is 4.08. The van der Waals surface area contributed by atoms with Gasteiger partial charge in [-0.05, 0) is 31.5 Å². The third-order valence-corrected chi connectivity index (χ3v) is 2.78. The van der Waals surface area contributed by atoms with Crippen LogP contribution in [-0.2, 0) is 0 Å². The smallest absolute Gasteiger partial charge is 0.267 e. The minimum atomic E-state index is -0.300. The van der Waals surface area contributed by atoms with E-state index in [-0.39, 0.29) is 5.91 Å². The zero-order chi connectivity index (χ0) is 12.1. The first-order valence-corrected chi connectivity index (χ1v) is 5.58. The quantitative estimate of drug-likeness (QED) is 0.655. The molecule has 0 spiro atoms. The van der Waals surface area contributed by atoms with Gasteiger partial charge in [-0.3, -0.25) is 4.79 Å². The largest absolute Gasteiger partial charge is 0.271 e. The third-order valence-electron chi connectivity index (χ3n) is 2.04. The molecular weight excluding hydrogens is 247 g/mol. The number of hydrazone groups is 1. The Hall–Kier alpha value is -1.06. The van der Waals surface area contributed by atoms with Crippen molar-refractivity contribution in [3.63, 3.8) is 0 Å². The number of hydrogen-bond donors (Lipinski definition) is 1. The minimum absolute atomic E-state index is 0.300. The molecule has 0 aliphatic rings. The molecule has 5 heteroatoms. The summed E-state index contributed by atoms with van der Waals surface area (Å²) in [6, 6.07) is 4.69. The summed E-state index contributed by atoms with van der Waals surface area (Å²) in [7, 11) is 0. The predicted molar refractivity (Wildman–Crippen MR) is 67.3 cm³/mol. The number of halogens is 2. The molecule has 0 saturated heterocycles. The fraction of sp³-hybridized carbons (Fsp3) is 0.273. The molecule has 0 aliphatic carbocycles. The van der Waals surface area contributed by atoms with Crippen molar-refractivity contribution in [3.8, 4) is 0 Å². The van der Waals surface area contributed by atoms with Crippen LogP contribution in [0.3, 0.4) is 0 Å². The maximum atomic E-state index is 11.6. The number of carbonyl (C=O) groups excluding carboxylic acids is 1. The van der Waals surface area contributed by atoms with Crippen LogP contribution < -0.4 is 5.43 Å². The van der Waals surface area contributed by atoms with E-state index < -0.39 is 0 Å². The van der Waals surface area contributed by atoms with Gasteiger partial charge in [-0.2, -0.15) is 5.10 Å². The summed E-state index contributed by atoms with van der Waals surface area (Å²) in [5.41, 5.74) is 3.73. The SMILES string of the molecule is CC/C(C)=N/NC(=O)c1ccc(Cl)c(Cl)c1. The number of carbonyl (C=O) groups is 1. The van der Waals surface area contributed by atoms with Crippen LogP contribution in [0.5, 0.6) is 0 Å². The van der Waals surface area contributed by atoms with Crippen molar-refractivity contribution in [2.24, 2.45) is 5.10 Å². The molecule has 0 saturated carbocycles. The Balaban J connectivity index is 2.77. The Morgan fingerprint density at radius 2 is 2.06 bits per heavy atom. The lowest BCUT2D eigenvalue weighted by atomic mass is 10.2. The van der Waals surface area contributed by atoms with Crippen molar-refractivity contribution in [1.82, 2.24) is 5.43 Å². The van der Waals surface area contributed by atoms with Crippen molar-refractivity contribution < 1.29 is 4.79 Å². The van der Waals surface area contributed by atoms with Crippen LogP contribution >= 0.6 is 23.2 Å². The lowest BCUT2D eigenvalue weighted by Crippen LogP contribution is -2.18. The van der Waals surface area contributed by atoms with Gasteiger partial charge in [0.15, 0.2) is 0 Å². The molecule has 16 heavy (non-hydrogen) atoms. The Morgan fingerprint density at radius 3 is 2.62 bits per heavy atom. The van der Waals surface area contributed by atoms with Crippen molar-refractivity contribution in [3.05, 3.63) is 33.8 Å². The van der Waals surface area contributed by atoms with Crippen molar-refractivity contribution in [2.75, 3.05) is 0 Å². The number of amides is 1. The van der Waals surface area contributed by atoms with Crippen LogP contribution in [0.15, 0.2) is 23.3 Å². The lowest BCUT2D eigenvalue weighted by Gasteiger charge is -2.02. The van der Waals surface area contributed by atoms with Gasteiger partial charge in [0, 0.05) is 11.3 Å². The molecule has 0 heterocycles. The highest BCUT2D eigenvalue weighted by atomic mass is 35.5. The summed E-state index contributed by atoms with van der Waals surface area (Å²) in [6.07, 6.45) is 0.793. The number of rotatable bonds is 3. The second kappa shape index (κ2) is 5.87. The van der Waals surface area contributed by atoms with Crippen LogP contribution in [0.25, 0.3) is 0 Å². The molecule has 0 aliphatic heterocycles. The summed E-state index contributed by atoms with van der Waals surface area (Å²) in [6.45, 7) is 3.80. The number of nitrogens with one attached hydrogen (secondary N) is 1. The zero-order valence-corrected chi connectivity index (χ0v) is 10.6. The Labute approximate surface area is 104 Å². The van der Waals surface area contributed by atoms with Gasteiger partial charge in [0.1, 0.15) is 0 Å². The van der Waals surface area contributed by atoms with Gasteiger partial charge in [0.25, 0.3) is 5.91 Å². The molecule has 1 rings (SSSR count). The van der Waals surface area contributed by atoms with E-state index in [9.17, 15) is 4.79 Å². The molecule has 0 aromatic heterocycles. The first-order valence-electron chi connectivity index (χ1n) is 4.83. The fourth-order valence-electron chi connectivity index (χ4n) is 0.927. The molecule has 0 unspecified atom stereocenters. The van der Waals surface area contributed by atoms with E-state index in [2.05, 4.69) is 10.5 Å². The molecule has 86 valence electrons. The van der Waals surface area contributed by atoms with Crippen LogP contribution in [-0.4, -0.2) is 11.6 Å². The Kier molecular flexibility index (Phi) is 4.77. The number of nitrogens with zero attached hydrogens (tertiary/aromatic N) is 1. The average Bonchev–Trinajstić information content (AvgIpc) is 2.29. The molecule has 1 aromatic rings. The Bertz CT molecular complexity index is 430. The van der Waals surface area contributed by atoms with Gasteiger partial charge in [-0.15, -0.1) is 0 Å². The zero-order valence-electron chi connectivity index (χ0n) is 9.05. The summed E-state index contributed by atoms with van der Waals surface area (Å²) in [5, 5.41) is 4.69. The van der Waals surface area contributed by atoms with E-state index in [1.54, 1.807) is 12.1 Å². The third kappa shape index (κ3) is 3.51. The lowest BCUT2D eigenvalue weighted by molar-refractivity contribution is 0.0954. The summed E-state index contributed by atoms with van der Waals surface area (Å²) < 4.78 is 0. The van der Waals surface area contributed by atoms with E-state index in [0.29, 0.717) is 15.6 Å². The molecule has 0 atom stereocenters. The molecule has 0 radical (unpaired) electrons.